The van der Waals surface area contributed by atoms with E-state index in [2.05, 4.69) is 0 Å². The summed E-state index contributed by atoms with van der Waals surface area (Å²) in [7, 11) is 0. The van der Waals surface area contributed by atoms with Gasteiger partial charge in [-0.15, -0.1) is 0 Å². The minimum absolute atomic E-state index is 0.00546. The number of hydrogen-bond donors (Lipinski definition) is 2. The lowest BCUT2D eigenvalue weighted by Gasteiger charge is -2.17. The van der Waals surface area contributed by atoms with Crippen molar-refractivity contribution in [3.8, 4) is 0 Å². The topological polar surface area (TPSA) is 55.5 Å². The monoisotopic (exact) mass is 133 g/mol. The predicted octanol–water partition coefficient (Wildman–Crippen LogP) is -0.269. The van der Waals surface area contributed by atoms with Gasteiger partial charge in [-0.2, -0.15) is 0 Å². The van der Waals surface area contributed by atoms with Crippen molar-refractivity contribution in [1.82, 2.24) is 0 Å². The second-order valence-electron chi connectivity index (χ2n) is 2.04. The van der Waals surface area contributed by atoms with Crippen LogP contribution in [0.2, 0.25) is 0 Å². The van der Waals surface area contributed by atoms with Crippen LogP contribution in [-0.4, -0.2) is 30.5 Å². The lowest BCUT2D eigenvalue weighted by molar-refractivity contribution is 0.00781. The van der Waals surface area contributed by atoms with Gasteiger partial charge < -0.3 is 15.6 Å². The third kappa shape index (κ3) is 3.46. The predicted molar refractivity (Wildman–Crippen MR) is 36.1 cm³/mol. The van der Waals surface area contributed by atoms with Crippen LogP contribution in [0.4, 0.5) is 0 Å². The van der Waals surface area contributed by atoms with Gasteiger partial charge in [-0.25, -0.2) is 0 Å². The molecule has 0 saturated heterocycles. The van der Waals surface area contributed by atoms with Crippen molar-refractivity contribution in [3.05, 3.63) is 0 Å². The van der Waals surface area contributed by atoms with E-state index in [-0.39, 0.29) is 18.8 Å². The molecule has 0 aliphatic rings. The Labute approximate surface area is 55.8 Å². The zero-order chi connectivity index (χ0) is 7.28. The third-order valence-corrected chi connectivity index (χ3v) is 1.15. The zero-order valence-electron chi connectivity index (χ0n) is 6.00. The molecule has 0 saturated carbocycles. The number of rotatable bonds is 4. The molecular formula is C6H15NO2. The maximum Gasteiger partial charge on any atom is 0.0953 e. The molecule has 0 spiro atoms. The highest BCUT2D eigenvalue weighted by atomic mass is 16.5. The standard InChI is InChI=1S/C6H15NO2/c1-3-9-6(4-8)5(2)7/h5-6,8H,3-4,7H2,1-2H3. The lowest BCUT2D eigenvalue weighted by atomic mass is 10.2. The Bertz CT molecular complexity index is 66.1. The maximum absolute atomic E-state index is 8.62. The molecule has 0 radical (unpaired) electrons. The molecule has 0 fully saturated rings. The van der Waals surface area contributed by atoms with Crippen LogP contribution in [0.1, 0.15) is 13.8 Å². The van der Waals surface area contributed by atoms with Crippen molar-refractivity contribution < 1.29 is 9.84 Å². The van der Waals surface area contributed by atoms with E-state index in [1.54, 1.807) is 0 Å². The minimum Gasteiger partial charge on any atom is -0.394 e. The molecule has 0 heterocycles. The molecule has 0 aliphatic carbocycles. The average molecular weight is 133 g/mol. The Morgan fingerprint density at radius 3 is 2.33 bits per heavy atom. The summed E-state index contributed by atoms with van der Waals surface area (Å²) in [6.07, 6.45) is -0.199. The van der Waals surface area contributed by atoms with Crippen LogP contribution in [0.15, 0.2) is 0 Å². The van der Waals surface area contributed by atoms with Crippen molar-refractivity contribution in [3.63, 3.8) is 0 Å². The Kier molecular flexibility index (Phi) is 4.67. The summed E-state index contributed by atoms with van der Waals surface area (Å²) in [4.78, 5) is 0. The van der Waals surface area contributed by atoms with Gasteiger partial charge in [0.25, 0.3) is 0 Å². The quantitative estimate of drug-likeness (QED) is 0.555. The number of ether oxygens (including phenoxy) is 1. The Balaban J connectivity index is 3.41. The molecule has 3 nitrogen and oxygen atoms in total. The van der Waals surface area contributed by atoms with Crippen molar-refractivity contribution in [2.24, 2.45) is 5.73 Å². The molecule has 3 heteroatoms. The summed E-state index contributed by atoms with van der Waals surface area (Å²) < 4.78 is 5.08. The minimum atomic E-state index is -0.199. The van der Waals surface area contributed by atoms with E-state index in [0.29, 0.717) is 6.61 Å². The van der Waals surface area contributed by atoms with E-state index in [9.17, 15) is 0 Å². The number of aliphatic hydroxyl groups excluding tert-OH is 1. The first-order valence-corrected chi connectivity index (χ1v) is 3.20. The molecular weight excluding hydrogens is 118 g/mol. The van der Waals surface area contributed by atoms with Gasteiger partial charge in [0.1, 0.15) is 0 Å². The summed E-state index contributed by atoms with van der Waals surface area (Å²) >= 11 is 0. The first kappa shape index (κ1) is 8.88. The highest BCUT2D eigenvalue weighted by Crippen LogP contribution is 1.93. The molecule has 0 aliphatic heterocycles. The van der Waals surface area contributed by atoms with Crippen LogP contribution >= 0.6 is 0 Å². The van der Waals surface area contributed by atoms with Crippen LogP contribution in [0.5, 0.6) is 0 Å². The summed E-state index contributed by atoms with van der Waals surface area (Å²) in [6.45, 7) is 4.31. The molecule has 56 valence electrons. The Morgan fingerprint density at radius 1 is 1.67 bits per heavy atom. The summed E-state index contributed by atoms with van der Waals surface area (Å²) in [5, 5.41) is 8.62. The fraction of sp³-hybridized carbons (Fsp3) is 1.00. The first-order valence-electron chi connectivity index (χ1n) is 3.20. The van der Waals surface area contributed by atoms with Gasteiger partial charge in [-0.1, -0.05) is 0 Å². The Hall–Kier alpha value is -0.120. The Morgan fingerprint density at radius 2 is 2.22 bits per heavy atom. The third-order valence-electron chi connectivity index (χ3n) is 1.15. The second-order valence-corrected chi connectivity index (χ2v) is 2.04. The normalized spacial score (nSPS) is 17.3. The lowest BCUT2D eigenvalue weighted by Crippen LogP contribution is -2.36. The van der Waals surface area contributed by atoms with Crippen LogP contribution < -0.4 is 5.73 Å². The molecule has 0 aromatic heterocycles. The number of hydrogen-bond acceptors (Lipinski definition) is 3. The fourth-order valence-corrected chi connectivity index (χ4v) is 0.585. The molecule has 0 amide bonds. The van der Waals surface area contributed by atoms with Crippen LogP contribution in [0, 0.1) is 0 Å². The van der Waals surface area contributed by atoms with Gasteiger partial charge in [0.2, 0.25) is 0 Å². The van der Waals surface area contributed by atoms with E-state index in [1.807, 2.05) is 13.8 Å². The molecule has 2 atom stereocenters. The summed E-state index contributed by atoms with van der Waals surface area (Å²) in [6, 6.07) is -0.0880. The highest BCUT2D eigenvalue weighted by Gasteiger charge is 2.10. The van der Waals surface area contributed by atoms with Crippen LogP contribution in [-0.2, 0) is 4.74 Å². The maximum atomic E-state index is 8.62. The molecule has 0 aromatic rings. The first-order chi connectivity index (χ1) is 4.22. The number of nitrogens with two attached hydrogens (primary N) is 1. The fourth-order valence-electron chi connectivity index (χ4n) is 0.585. The van der Waals surface area contributed by atoms with Gasteiger partial charge in [0, 0.05) is 12.6 Å². The van der Waals surface area contributed by atoms with Gasteiger partial charge in [0.05, 0.1) is 12.7 Å². The molecule has 2 unspecified atom stereocenters. The largest absolute Gasteiger partial charge is 0.394 e. The summed E-state index contributed by atoms with van der Waals surface area (Å²) in [5.74, 6) is 0. The van der Waals surface area contributed by atoms with Gasteiger partial charge in [0.15, 0.2) is 0 Å². The summed E-state index contributed by atoms with van der Waals surface area (Å²) in [5.41, 5.74) is 5.45. The number of aliphatic hydroxyl groups is 1. The van der Waals surface area contributed by atoms with E-state index < -0.39 is 0 Å². The van der Waals surface area contributed by atoms with Gasteiger partial charge >= 0.3 is 0 Å². The van der Waals surface area contributed by atoms with Gasteiger partial charge in [-0.05, 0) is 13.8 Å². The molecule has 0 aromatic carbocycles. The zero-order valence-corrected chi connectivity index (χ0v) is 6.00. The van der Waals surface area contributed by atoms with Crippen LogP contribution in [0.25, 0.3) is 0 Å². The van der Waals surface area contributed by atoms with Crippen molar-refractivity contribution in [2.75, 3.05) is 13.2 Å². The molecule has 0 bridgehead atoms. The van der Waals surface area contributed by atoms with Crippen molar-refractivity contribution in [1.29, 1.82) is 0 Å². The van der Waals surface area contributed by atoms with E-state index >= 15 is 0 Å². The van der Waals surface area contributed by atoms with Gasteiger partial charge in [-0.3, -0.25) is 0 Å². The van der Waals surface area contributed by atoms with E-state index in [4.69, 9.17) is 15.6 Å². The van der Waals surface area contributed by atoms with E-state index in [1.165, 1.54) is 0 Å². The molecule has 9 heavy (non-hydrogen) atoms. The molecule has 0 rings (SSSR count). The SMILES string of the molecule is CCOC(CO)C(C)N. The average Bonchev–Trinajstić information content (AvgIpc) is 1.82. The van der Waals surface area contributed by atoms with E-state index in [0.717, 1.165) is 0 Å². The smallest absolute Gasteiger partial charge is 0.0953 e. The second kappa shape index (κ2) is 4.73. The van der Waals surface area contributed by atoms with Crippen molar-refractivity contribution >= 4 is 0 Å². The molecule has 3 N–H and O–H groups in total. The van der Waals surface area contributed by atoms with Crippen LogP contribution in [0.3, 0.4) is 0 Å². The highest BCUT2D eigenvalue weighted by molar-refractivity contribution is 4.66. The van der Waals surface area contributed by atoms with Crippen molar-refractivity contribution in [2.45, 2.75) is 26.0 Å².